The number of hydrogen-bond acceptors (Lipinski definition) is 16. The summed E-state index contributed by atoms with van der Waals surface area (Å²) < 4.78 is 33.3. The number of aliphatic hydroxyl groups is 7. The molecule has 0 amide bonds. The molecule has 2 aliphatic heterocycles. The van der Waals surface area contributed by atoms with E-state index >= 15 is 0 Å². The highest BCUT2D eigenvalue weighted by molar-refractivity contribution is 5.88. The Kier molecular flexibility index (Phi) is 8.90. The van der Waals surface area contributed by atoms with Crippen LogP contribution in [0.25, 0.3) is 22.3 Å². The molecule has 2 fully saturated rings. The molecule has 2 aliphatic rings. The number of benzene rings is 2. The quantitative estimate of drug-likeness (QED) is 0.141. The minimum absolute atomic E-state index is 0.0257. The highest BCUT2D eigenvalue weighted by atomic mass is 16.7. The predicted molar refractivity (Wildman–Crippen MR) is 145 cm³/mol. The number of aliphatic hydroxyl groups excluding tert-OH is 7. The summed E-state index contributed by atoms with van der Waals surface area (Å²) in [5.41, 5.74) is -1.16. The Bertz CT molecular complexity index is 1550. The average Bonchev–Trinajstić information content (AvgIpc) is 3.00. The zero-order valence-corrected chi connectivity index (χ0v) is 23.3. The lowest BCUT2D eigenvalue weighted by atomic mass is 9.99. The van der Waals surface area contributed by atoms with E-state index in [1.54, 1.807) is 0 Å². The molecule has 0 spiro atoms. The fourth-order valence-corrected chi connectivity index (χ4v) is 4.97. The Hall–Kier alpha value is -3.71. The number of ether oxygens (including phenoxy) is 5. The minimum Gasteiger partial charge on any atom is -0.507 e. The van der Waals surface area contributed by atoms with Gasteiger partial charge in [-0.25, -0.2) is 0 Å². The largest absolute Gasteiger partial charge is 0.507 e. The first-order valence-corrected chi connectivity index (χ1v) is 13.4. The normalized spacial score (nSPS) is 32.4. The van der Waals surface area contributed by atoms with Gasteiger partial charge in [0.25, 0.3) is 0 Å². The van der Waals surface area contributed by atoms with Crippen molar-refractivity contribution in [2.24, 2.45) is 0 Å². The molecule has 0 bridgehead atoms. The first-order chi connectivity index (χ1) is 20.9. The Balaban J connectivity index is 1.62. The SMILES string of the molecule is COc1cc(-c2oc3cc(O[C@H]4O[C@@H](C)[C@H](O)[C@@H](O)[C@@H]4O)cc(O)c3c(=O)c2O[C@H]2O[C@@H](CO)[C@H](O)[C@@H](O)[C@@H]2O)ccc1O. The Morgan fingerprint density at radius 2 is 1.45 bits per heavy atom. The maximum absolute atomic E-state index is 13.8. The van der Waals surface area contributed by atoms with Crippen LogP contribution in [0.3, 0.4) is 0 Å². The first-order valence-electron chi connectivity index (χ1n) is 13.4. The summed E-state index contributed by atoms with van der Waals surface area (Å²) in [6.07, 6.45) is -15.7. The van der Waals surface area contributed by atoms with Gasteiger partial charge < -0.3 is 74.1 Å². The van der Waals surface area contributed by atoms with E-state index < -0.39 is 90.3 Å². The van der Waals surface area contributed by atoms with Gasteiger partial charge in [0.05, 0.1) is 19.8 Å². The topological polar surface area (TPSA) is 258 Å². The monoisotopic (exact) mass is 624 g/mol. The highest BCUT2D eigenvalue weighted by Gasteiger charge is 2.46. The maximum Gasteiger partial charge on any atom is 0.239 e. The van der Waals surface area contributed by atoms with Crippen LogP contribution in [0.15, 0.2) is 39.5 Å². The van der Waals surface area contributed by atoms with E-state index in [4.69, 9.17) is 28.1 Å². The lowest BCUT2D eigenvalue weighted by Gasteiger charge is -2.39. The van der Waals surface area contributed by atoms with Crippen LogP contribution in [0.1, 0.15) is 6.92 Å². The van der Waals surface area contributed by atoms with Crippen LogP contribution in [0.4, 0.5) is 0 Å². The molecular formula is C28H32O16. The van der Waals surface area contributed by atoms with Crippen LogP contribution >= 0.6 is 0 Å². The van der Waals surface area contributed by atoms with Gasteiger partial charge >= 0.3 is 0 Å². The Labute approximate surface area is 248 Å². The minimum atomic E-state index is -1.90. The number of methoxy groups -OCH3 is 1. The second-order valence-corrected chi connectivity index (χ2v) is 10.4. The molecule has 3 heterocycles. The average molecular weight is 625 g/mol. The second-order valence-electron chi connectivity index (χ2n) is 10.4. The molecule has 2 saturated heterocycles. The van der Waals surface area contributed by atoms with Crippen molar-refractivity contribution in [1.82, 2.24) is 0 Å². The molecular weight excluding hydrogens is 592 g/mol. The Morgan fingerprint density at radius 1 is 0.795 bits per heavy atom. The molecule has 0 radical (unpaired) electrons. The van der Waals surface area contributed by atoms with Crippen molar-refractivity contribution in [3.8, 4) is 40.1 Å². The summed E-state index contributed by atoms with van der Waals surface area (Å²) in [4.78, 5) is 13.8. The van der Waals surface area contributed by atoms with Crippen molar-refractivity contribution in [2.75, 3.05) is 13.7 Å². The van der Waals surface area contributed by atoms with E-state index in [1.165, 1.54) is 38.3 Å². The maximum atomic E-state index is 13.8. The van der Waals surface area contributed by atoms with Gasteiger partial charge in [-0.05, 0) is 25.1 Å². The number of fused-ring (bicyclic) bond motifs is 1. The van der Waals surface area contributed by atoms with E-state index in [-0.39, 0.29) is 34.2 Å². The lowest BCUT2D eigenvalue weighted by molar-refractivity contribution is -0.277. The fourth-order valence-electron chi connectivity index (χ4n) is 4.97. The van der Waals surface area contributed by atoms with Crippen LogP contribution in [0, 0.1) is 0 Å². The molecule has 0 aliphatic carbocycles. The molecule has 16 nitrogen and oxygen atoms in total. The summed E-state index contributed by atoms with van der Waals surface area (Å²) in [7, 11) is 1.28. The third-order valence-electron chi connectivity index (χ3n) is 7.49. The van der Waals surface area contributed by atoms with Gasteiger partial charge in [0, 0.05) is 17.7 Å². The standard InChI is InChI=1S/C28H32O16/c1-9-18(32)21(35)23(37)27(40-9)41-11-6-13(31)17-15(7-11)42-25(10-3-4-12(30)14(5-10)39-2)26(20(17)34)44-28-24(38)22(36)19(33)16(8-29)43-28/h3-7,9,16,18-19,21-24,27-33,35-38H,8H2,1-2H3/t9-,16-,18-,19-,21+,22+,23-,24-,27+,28+/m0/s1. The van der Waals surface area contributed by atoms with Crippen molar-refractivity contribution in [1.29, 1.82) is 0 Å². The molecule has 0 saturated carbocycles. The molecule has 16 heteroatoms. The number of rotatable bonds is 7. The predicted octanol–water partition coefficient (Wildman–Crippen LogP) is -1.74. The van der Waals surface area contributed by atoms with Crippen LogP contribution < -0.4 is 19.6 Å². The molecule has 2 aromatic carbocycles. The van der Waals surface area contributed by atoms with E-state index in [9.17, 15) is 50.8 Å². The smallest absolute Gasteiger partial charge is 0.239 e. The van der Waals surface area contributed by atoms with Gasteiger partial charge in [-0.1, -0.05) is 0 Å². The highest BCUT2D eigenvalue weighted by Crippen LogP contribution is 2.40. The van der Waals surface area contributed by atoms with Gasteiger partial charge in [-0.2, -0.15) is 0 Å². The van der Waals surface area contributed by atoms with Crippen molar-refractivity contribution in [3.05, 3.63) is 40.6 Å². The number of hydrogen-bond donors (Lipinski definition) is 9. The van der Waals surface area contributed by atoms with E-state index in [2.05, 4.69) is 0 Å². The third kappa shape index (κ3) is 5.63. The van der Waals surface area contributed by atoms with Crippen LogP contribution in [-0.4, -0.2) is 121 Å². The van der Waals surface area contributed by atoms with E-state index in [0.29, 0.717) is 0 Å². The molecule has 5 rings (SSSR count). The fraction of sp³-hybridized carbons (Fsp3) is 0.464. The summed E-state index contributed by atoms with van der Waals surface area (Å²) in [6, 6.07) is 6.03. The molecule has 240 valence electrons. The summed E-state index contributed by atoms with van der Waals surface area (Å²) in [5, 5.41) is 91.4. The van der Waals surface area contributed by atoms with Crippen molar-refractivity contribution in [2.45, 2.75) is 68.3 Å². The Morgan fingerprint density at radius 3 is 2.11 bits per heavy atom. The third-order valence-corrected chi connectivity index (χ3v) is 7.49. The van der Waals surface area contributed by atoms with E-state index in [0.717, 1.165) is 6.07 Å². The number of aromatic hydroxyl groups is 2. The lowest BCUT2D eigenvalue weighted by Crippen LogP contribution is -2.60. The van der Waals surface area contributed by atoms with Crippen LogP contribution in [-0.2, 0) is 9.47 Å². The van der Waals surface area contributed by atoms with Gasteiger partial charge in [0.1, 0.15) is 65.2 Å². The van der Waals surface area contributed by atoms with E-state index in [1.807, 2.05) is 0 Å². The molecule has 0 unspecified atom stereocenters. The van der Waals surface area contributed by atoms with Crippen LogP contribution in [0.2, 0.25) is 0 Å². The van der Waals surface area contributed by atoms with Crippen LogP contribution in [0.5, 0.6) is 28.7 Å². The summed E-state index contributed by atoms with van der Waals surface area (Å²) >= 11 is 0. The van der Waals surface area contributed by atoms with Gasteiger partial charge in [0.15, 0.2) is 17.3 Å². The van der Waals surface area contributed by atoms with Crippen molar-refractivity contribution in [3.63, 3.8) is 0 Å². The van der Waals surface area contributed by atoms with Gasteiger partial charge in [-0.3, -0.25) is 4.79 Å². The zero-order chi connectivity index (χ0) is 32.0. The van der Waals surface area contributed by atoms with Gasteiger partial charge in [-0.15, -0.1) is 0 Å². The number of phenolic OH excluding ortho intramolecular Hbond substituents is 2. The van der Waals surface area contributed by atoms with Gasteiger partial charge in [0.2, 0.25) is 23.8 Å². The molecule has 44 heavy (non-hydrogen) atoms. The number of phenols is 2. The molecule has 1 aromatic heterocycles. The molecule has 3 aromatic rings. The van der Waals surface area contributed by atoms with Crippen molar-refractivity contribution < 1.29 is 74.1 Å². The van der Waals surface area contributed by atoms with Crippen molar-refractivity contribution >= 4 is 11.0 Å². The molecule has 10 atom stereocenters. The summed E-state index contributed by atoms with van der Waals surface area (Å²) in [6.45, 7) is 0.680. The summed E-state index contributed by atoms with van der Waals surface area (Å²) in [5.74, 6) is -2.08. The zero-order valence-electron chi connectivity index (χ0n) is 23.3. The second kappa shape index (κ2) is 12.4. The first kappa shape index (κ1) is 31.7. The molecule has 9 N–H and O–H groups in total.